The summed E-state index contributed by atoms with van der Waals surface area (Å²) in [5.74, 6) is -0.586. The van der Waals surface area contributed by atoms with Crippen molar-refractivity contribution >= 4 is 13.6 Å². The summed E-state index contributed by atoms with van der Waals surface area (Å²) in [5.41, 5.74) is 0. The van der Waals surface area contributed by atoms with Crippen molar-refractivity contribution < 1.29 is 18.8 Å². The molecule has 0 heterocycles. The van der Waals surface area contributed by atoms with Crippen LogP contribution in [-0.2, 0) is 13.9 Å². The Morgan fingerprint density at radius 1 is 1.50 bits per heavy atom. The van der Waals surface area contributed by atoms with Crippen LogP contribution in [0.5, 0.6) is 0 Å². The number of carbonyl (C=O) groups is 1. The predicted octanol–water partition coefficient (Wildman–Crippen LogP) is 1.93. The predicted molar refractivity (Wildman–Crippen MR) is 46.0 cm³/mol. The largest absolute Gasteiger partial charge is 0.392 e. The molecule has 0 radical (unpaired) electrons. The van der Waals surface area contributed by atoms with E-state index in [-0.39, 0.29) is 6.42 Å². The molecule has 0 saturated heterocycles. The molecule has 0 aromatic rings. The van der Waals surface area contributed by atoms with Crippen molar-refractivity contribution in [2.24, 2.45) is 0 Å². The number of rotatable bonds is 5. The molecule has 0 amide bonds. The Bertz CT molecular complexity index is 184. The van der Waals surface area contributed by atoms with E-state index in [1.807, 2.05) is 6.92 Å². The molecule has 0 saturated carbocycles. The summed E-state index contributed by atoms with van der Waals surface area (Å²) in [6.07, 6.45) is 2.90. The van der Waals surface area contributed by atoms with Crippen LogP contribution in [0, 0.1) is 0 Å². The summed E-state index contributed by atoms with van der Waals surface area (Å²) in [6.45, 7) is 3.02. The van der Waals surface area contributed by atoms with E-state index >= 15 is 0 Å². The van der Waals surface area contributed by atoms with Crippen molar-refractivity contribution in [3.05, 3.63) is 0 Å². The first-order valence-electron chi connectivity index (χ1n) is 3.98. The van der Waals surface area contributed by atoms with Crippen LogP contribution in [-0.4, -0.2) is 17.5 Å². The first-order chi connectivity index (χ1) is 5.45. The molecule has 0 spiro atoms. The van der Waals surface area contributed by atoms with Crippen LogP contribution in [0.1, 0.15) is 32.6 Å². The van der Waals surface area contributed by atoms with Gasteiger partial charge in [0.25, 0.3) is 0 Å². The topological polar surface area (TPSA) is 63.6 Å². The minimum Gasteiger partial charge on any atom is -0.392 e. The second kappa shape index (κ2) is 5.33. The lowest BCUT2D eigenvalue weighted by Crippen LogP contribution is -2.01. The summed E-state index contributed by atoms with van der Waals surface area (Å²) < 4.78 is 14.8. The highest BCUT2D eigenvalue weighted by Crippen LogP contribution is 2.37. The van der Waals surface area contributed by atoms with Crippen LogP contribution in [0.15, 0.2) is 0 Å². The van der Waals surface area contributed by atoms with Crippen LogP contribution in [0.3, 0.4) is 0 Å². The van der Waals surface area contributed by atoms with Gasteiger partial charge in [0.05, 0.1) is 0 Å². The van der Waals surface area contributed by atoms with E-state index in [4.69, 9.17) is 4.89 Å². The summed E-state index contributed by atoms with van der Waals surface area (Å²) in [6, 6.07) is 0. The molecule has 1 atom stereocenters. The van der Waals surface area contributed by atoms with Crippen LogP contribution in [0.4, 0.5) is 0 Å². The van der Waals surface area contributed by atoms with E-state index < -0.39 is 13.6 Å². The van der Waals surface area contributed by atoms with Gasteiger partial charge in [-0.1, -0.05) is 19.8 Å². The zero-order valence-electron chi connectivity index (χ0n) is 7.45. The number of hydrogen-bond acceptors (Lipinski definition) is 3. The molecular weight excluding hydrogens is 179 g/mol. The molecule has 12 heavy (non-hydrogen) atoms. The Labute approximate surface area is 72.5 Å². The van der Waals surface area contributed by atoms with E-state index in [1.165, 1.54) is 0 Å². The minimum atomic E-state index is -3.62. The van der Waals surface area contributed by atoms with Crippen LogP contribution >= 0.6 is 7.60 Å². The summed E-state index contributed by atoms with van der Waals surface area (Å²) in [4.78, 5) is 19.4. The fourth-order valence-corrected chi connectivity index (χ4v) is 1.22. The maximum absolute atomic E-state index is 10.8. The van der Waals surface area contributed by atoms with Gasteiger partial charge in [-0.3, -0.25) is 4.79 Å². The summed E-state index contributed by atoms with van der Waals surface area (Å²) in [5, 5.41) is 0. The molecule has 0 aliphatic heterocycles. The highest BCUT2D eigenvalue weighted by molar-refractivity contribution is 7.52. The molecule has 0 rings (SSSR count). The Hall–Kier alpha value is -0.340. The van der Waals surface area contributed by atoms with Gasteiger partial charge in [-0.15, -0.1) is 0 Å². The lowest BCUT2D eigenvalue weighted by molar-refractivity contribution is -0.134. The van der Waals surface area contributed by atoms with Crippen molar-refractivity contribution in [2.75, 3.05) is 6.66 Å². The monoisotopic (exact) mass is 194 g/mol. The van der Waals surface area contributed by atoms with Gasteiger partial charge in [-0.2, -0.15) is 0 Å². The first kappa shape index (κ1) is 11.7. The second-order valence-electron chi connectivity index (χ2n) is 2.72. The molecule has 0 aromatic heterocycles. The number of hydrogen-bond donors (Lipinski definition) is 1. The molecule has 0 fully saturated rings. The smallest absolute Gasteiger partial charge is 0.375 e. The van der Waals surface area contributed by atoms with Gasteiger partial charge in [-0.05, 0) is 6.42 Å². The molecule has 0 aliphatic carbocycles. The third-order valence-electron chi connectivity index (χ3n) is 1.26. The van der Waals surface area contributed by atoms with Crippen molar-refractivity contribution in [3.63, 3.8) is 0 Å². The zero-order valence-corrected chi connectivity index (χ0v) is 8.34. The van der Waals surface area contributed by atoms with Crippen LogP contribution in [0.2, 0.25) is 0 Å². The fourth-order valence-electron chi connectivity index (χ4n) is 0.754. The first-order valence-corrected chi connectivity index (χ1v) is 6.01. The molecule has 0 bridgehead atoms. The quantitative estimate of drug-likeness (QED) is 0.536. The van der Waals surface area contributed by atoms with E-state index in [0.29, 0.717) is 0 Å². The summed E-state index contributed by atoms with van der Waals surface area (Å²) >= 11 is 0. The zero-order chi connectivity index (χ0) is 9.61. The van der Waals surface area contributed by atoms with Gasteiger partial charge in [0.2, 0.25) is 0 Å². The normalized spacial score (nSPS) is 15.2. The van der Waals surface area contributed by atoms with Crippen molar-refractivity contribution in [3.8, 4) is 0 Å². The second-order valence-corrected chi connectivity index (χ2v) is 4.51. The molecule has 0 aromatic carbocycles. The Kier molecular flexibility index (Phi) is 5.18. The van der Waals surface area contributed by atoms with Gasteiger partial charge in [0.1, 0.15) is 0 Å². The minimum absolute atomic E-state index is 0.228. The maximum atomic E-state index is 10.8. The molecule has 72 valence electrons. The van der Waals surface area contributed by atoms with Crippen molar-refractivity contribution in [2.45, 2.75) is 32.6 Å². The molecule has 1 N–H and O–H groups in total. The van der Waals surface area contributed by atoms with E-state index in [0.717, 1.165) is 25.9 Å². The molecular formula is C7H15O4P. The lowest BCUT2D eigenvalue weighted by Gasteiger charge is -2.05. The summed E-state index contributed by atoms with van der Waals surface area (Å²) in [7, 11) is -3.62. The highest BCUT2D eigenvalue weighted by Gasteiger charge is 2.15. The third kappa shape index (κ3) is 7.76. The molecule has 5 heteroatoms. The van der Waals surface area contributed by atoms with E-state index in [1.54, 1.807) is 0 Å². The van der Waals surface area contributed by atoms with Gasteiger partial charge in [-0.25, -0.2) is 4.57 Å². The van der Waals surface area contributed by atoms with Gasteiger partial charge in [0.15, 0.2) is 0 Å². The van der Waals surface area contributed by atoms with E-state index in [9.17, 15) is 9.36 Å². The Morgan fingerprint density at radius 3 is 2.50 bits per heavy atom. The Morgan fingerprint density at radius 2 is 2.08 bits per heavy atom. The maximum Gasteiger partial charge on any atom is 0.375 e. The highest BCUT2D eigenvalue weighted by atomic mass is 31.2. The van der Waals surface area contributed by atoms with Crippen LogP contribution < -0.4 is 0 Å². The molecule has 4 nitrogen and oxygen atoms in total. The SMILES string of the molecule is CCCCCC(=O)OP(C)(=O)O. The van der Waals surface area contributed by atoms with Gasteiger partial charge < -0.3 is 9.42 Å². The number of carbonyl (C=O) groups excluding carboxylic acids is 1. The van der Waals surface area contributed by atoms with Crippen LogP contribution in [0.25, 0.3) is 0 Å². The van der Waals surface area contributed by atoms with E-state index in [2.05, 4.69) is 4.52 Å². The van der Waals surface area contributed by atoms with Gasteiger partial charge in [0, 0.05) is 13.1 Å². The van der Waals surface area contributed by atoms with Crippen molar-refractivity contribution in [1.82, 2.24) is 0 Å². The average Bonchev–Trinajstić information content (AvgIpc) is 1.84. The standard InChI is InChI=1S/C7H15O4P/c1-3-4-5-6-7(8)11-12(2,9)10/h3-6H2,1-2H3,(H,9,10). The average molecular weight is 194 g/mol. The van der Waals surface area contributed by atoms with Gasteiger partial charge >= 0.3 is 13.6 Å². The molecule has 1 unspecified atom stereocenters. The van der Waals surface area contributed by atoms with Crippen molar-refractivity contribution in [1.29, 1.82) is 0 Å². The number of unbranched alkanes of at least 4 members (excludes halogenated alkanes) is 2. The lowest BCUT2D eigenvalue weighted by atomic mass is 10.2. The third-order valence-corrected chi connectivity index (χ3v) is 1.80. The molecule has 0 aliphatic rings. The fraction of sp³-hybridized carbons (Fsp3) is 0.857. The Balaban J connectivity index is 3.54.